The van der Waals surface area contributed by atoms with Gasteiger partial charge in [-0.05, 0) is 55.7 Å². The number of anilines is 2. The molecule has 0 atom stereocenters. The van der Waals surface area contributed by atoms with Gasteiger partial charge in [-0.2, -0.15) is 0 Å². The fourth-order valence-electron chi connectivity index (χ4n) is 3.68. The van der Waals surface area contributed by atoms with Gasteiger partial charge in [-0.1, -0.05) is 31.9 Å². The van der Waals surface area contributed by atoms with E-state index in [1.807, 2.05) is 30.0 Å². The lowest BCUT2D eigenvalue weighted by Gasteiger charge is -2.20. The number of amides is 3. The van der Waals surface area contributed by atoms with Crippen molar-refractivity contribution in [3.63, 3.8) is 0 Å². The molecule has 0 bridgehead atoms. The number of benzene rings is 2. The van der Waals surface area contributed by atoms with E-state index in [1.165, 1.54) is 12.8 Å². The Labute approximate surface area is 189 Å². The van der Waals surface area contributed by atoms with Crippen molar-refractivity contribution in [2.45, 2.75) is 39.0 Å². The van der Waals surface area contributed by atoms with E-state index in [0.29, 0.717) is 29.0 Å². The summed E-state index contributed by atoms with van der Waals surface area (Å²) in [6, 6.07) is 14.1. The smallest absolute Gasteiger partial charge is 0.253 e. The molecule has 3 amide bonds. The van der Waals surface area contributed by atoms with Crippen LogP contribution in [0.2, 0.25) is 0 Å². The van der Waals surface area contributed by atoms with Crippen LogP contribution in [0.3, 0.4) is 0 Å². The van der Waals surface area contributed by atoms with E-state index in [4.69, 9.17) is 0 Å². The second-order valence-electron chi connectivity index (χ2n) is 8.03. The lowest BCUT2D eigenvalue weighted by Crippen LogP contribution is -2.31. The molecule has 0 aromatic heterocycles. The number of nitrogens with zero attached hydrogens (tertiary/aromatic N) is 1. The van der Waals surface area contributed by atoms with Gasteiger partial charge in [-0.25, -0.2) is 0 Å². The second kappa shape index (κ2) is 11.9. The Balaban J connectivity index is 1.54. The Bertz CT molecular complexity index is 936. The highest BCUT2D eigenvalue weighted by Gasteiger charge is 2.17. The quantitative estimate of drug-likeness (QED) is 0.586. The monoisotopic (exact) mass is 436 g/mol. The van der Waals surface area contributed by atoms with Crippen LogP contribution in [0.15, 0.2) is 48.5 Å². The molecule has 0 spiro atoms. The third kappa shape index (κ3) is 6.83. The number of hydrogen-bond donors (Lipinski definition) is 3. The standard InChI is InChI=1S/C25H32N4O3/c1-2-13-26-24(31)19-9-7-12-22(16-19)28-23(30)18-27-21-11-8-10-20(17-21)25(32)29-14-5-3-4-6-15-29/h7-12,16-17,27H,2-6,13-15,18H2,1H3,(H,26,31)(H,28,30). The summed E-state index contributed by atoms with van der Waals surface area (Å²) in [5.74, 6) is -0.356. The van der Waals surface area contributed by atoms with Crippen LogP contribution in [-0.4, -0.2) is 48.8 Å². The fraction of sp³-hybridized carbons (Fsp3) is 0.400. The van der Waals surface area contributed by atoms with Crippen molar-refractivity contribution in [3.8, 4) is 0 Å². The third-order valence-corrected chi connectivity index (χ3v) is 5.40. The van der Waals surface area contributed by atoms with Crippen LogP contribution < -0.4 is 16.0 Å². The molecule has 7 nitrogen and oxygen atoms in total. The van der Waals surface area contributed by atoms with E-state index in [0.717, 1.165) is 32.4 Å². The number of rotatable bonds is 8. The topological polar surface area (TPSA) is 90.5 Å². The summed E-state index contributed by atoms with van der Waals surface area (Å²) >= 11 is 0. The first kappa shape index (κ1) is 23.3. The van der Waals surface area contributed by atoms with E-state index >= 15 is 0 Å². The third-order valence-electron chi connectivity index (χ3n) is 5.40. The predicted molar refractivity (Wildman–Crippen MR) is 127 cm³/mol. The Morgan fingerprint density at radius 3 is 2.25 bits per heavy atom. The van der Waals surface area contributed by atoms with Crippen LogP contribution in [0.25, 0.3) is 0 Å². The molecule has 3 rings (SSSR count). The van der Waals surface area contributed by atoms with Gasteiger partial charge in [-0.15, -0.1) is 0 Å². The van der Waals surface area contributed by atoms with Crippen molar-refractivity contribution in [1.29, 1.82) is 0 Å². The molecular formula is C25H32N4O3. The van der Waals surface area contributed by atoms with Crippen molar-refractivity contribution in [2.75, 3.05) is 36.8 Å². The molecule has 1 aliphatic rings. The van der Waals surface area contributed by atoms with Gasteiger partial charge in [0.1, 0.15) is 0 Å². The lowest BCUT2D eigenvalue weighted by atomic mass is 10.1. The van der Waals surface area contributed by atoms with E-state index in [2.05, 4.69) is 16.0 Å². The summed E-state index contributed by atoms with van der Waals surface area (Å²) in [5, 5.41) is 8.70. The van der Waals surface area contributed by atoms with E-state index in [-0.39, 0.29) is 24.3 Å². The molecule has 170 valence electrons. The summed E-state index contributed by atoms with van der Waals surface area (Å²) < 4.78 is 0. The van der Waals surface area contributed by atoms with Crippen LogP contribution in [0.1, 0.15) is 59.7 Å². The Morgan fingerprint density at radius 2 is 1.53 bits per heavy atom. The maximum Gasteiger partial charge on any atom is 0.253 e. The summed E-state index contributed by atoms with van der Waals surface area (Å²) in [4.78, 5) is 39.2. The molecule has 0 radical (unpaired) electrons. The van der Waals surface area contributed by atoms with Gasteiger partial charge in [-0.3, -0.25) is 14.4 Å². The zero-order valence-corrected chi connectivity index (χ0v) is 18.7. The summed E-state index contributed by atoms with van der Waals surface area (Å²) in [6.07, 6.45) is 5.30. The Hall–Kier alpha value is -3.35. The normalized spacial score (nSPS) is 13.7. The molecule has 7 heteroatoms. The number of hydrogen-bond acceptors (Lipinski definition) is 4. The number of carbonyl (C=O) groups excluding carboxylic acids is 3. The zero-order chi connectivity index (χ0) is 22.8. The first-order chi connectivity index (χ1) is 15.6. The molecule has 1 saturated heterocycles. The van der Waals surface area contributed by atoms with Crippen molar-refractivity contribution in [2.24, 2.45) is 0 Å². The van der Waals surface area contributed by atoms with E-state index in [1.54, 1.807) is 30.3 Å². The van der Waals surface area contributed by atoms with Crippen molar-refractivity contribution in [3.05, 3.63) is 59.7 Å². The highest BCUT2D eigenvalue weighted by Crippen LogP contribution is 2.17. The molecule has 1 heterocycles. The maximum absolute atomic E-state index is 12.8. The first-order valence-corrected chi connectivity index (χ1v) is 11.4. The van der Waals surface area contributed by atoms with Gasteiger partial charge in [0, 0.05) is 42.1 Å². The van der Waals surface area contributed by atoms with Crippen LogP contribution in [-0.2, 0) is 4.79 Å². The Morgan fingerprint density at radius 1 is 0.875 bits per heavy atom. The fourth-order valence-corrected chi connectivity index (χ4v) is 3.68. The minimum atomic E-state index is -0.236. The van der Waals surface area contributed by atoms with Crippen LogP contribution in [0.5, 0.6) is 0 Å². The maximum atomic E-state index is 12.8. The molecule has 1 fully saturated rings. The molecule has 0 unspecified atom stereocenters. The molecule has 32 heavy (non-hydrogen) atoms. The Kier molecular flexibility index (Phi) is 8.66. The molecule has 1 aliphatic heterocycles. The van der Waals surface area contributed by atoms with Crippen LogP contribution in [0.4, 0.5) is 11.4 Å². The largest absolute Gasteiger partial charge is 0.376 e. The first-order valence-electron chi connectivity index (χ1n) is 11.4. The molecule has 0 saturated carbocycles. The summed E-state index contributed by atoms with van der Waals surface area (Å²) in [6.45, 7) is 4.25. The van der Waals surface area contributed by atoms with Crippen LogP contribution in [0, 0.1) is 0 Å². The van der Waals surface area contributed by atoms with Gasteiger partial charge >= 0.3 is 0 Å². The van der Waals surface area contributed by atoms with Crippen molar-refractivity contribution >= 4 is 29.1 Å². The van der Waals surface area contributed by atoms with Gasteiger partial charge in [0.2, 0.25) is 5.91 Å². The molecule has 3 N–H and O–H groups in total. The van der Waals surface area contributed by atoms with Gasteiger partial charge in [0.15, 0.2) is 0 Å². The minimum absolute atomic E-state index is 0.0400. The van der Waals surface area contributed by atoms with Crippen molar-refractivity contribution < 1.29 is 14.4 Å². The SMILES string of the molecule is CCCNC(=O)c1cccc(NC(=O)CNc2cccc(C(=O)N3CCCCCC3)c2)c1. The van der Waals surface area contributed by atoms with Crippen molar-refractivity contribution in [1.82, 2.24) is 10.2 Å². The minimum Gasteiger partial charge on any atom is -0.376 e. The average Bonchev–Trinajstić information content (AvgIpc) is 3.11. The predicted octanol–water partition coefficient (Wildman–Crippen LogP) is 3.89. The number of likely N-dealkylation sites (tertiary alicyclic amines) is 1. The number of nitrogens with one attached hydrogen (secondary N) is 3. The molecule has 2 aromatic carbocycles. The molecule has 2 aromatic rings. The molecular weight excluding hydrogens is 404 g/mol. The highest BCUT2D eigenvalue weighted by atomic mass is 16.2. The lowest BCUT2D eigenvalue weighted by molar-refractivity contribution is -0.114. The average molecular weight is 437 g/mol. The number of carbonyl (C=O) groups is 3. The zero-order valence-electron chi connectivity index (χ0n) is 18.7. The van der Waals surface area contributed by atoms with Gasteiger partial charge in [0.05, 0.1) is 6.54 Å². The summed E-state index contributed by atoms with van der Waals surface area (Å²) in [5.41, 5.74) is 2.41. The van der Waals surface area contributed by atoms with E-state index < -0.39 is 0 Å². The van der Waals surface area contributed by atoms with Crippen LogP contribution >= 0.6 is 0 Å². The van der Waals surface area contributed by atoms with Gasteiger partial charge < -0.3 is 20.9 Å². The summed E-state index contributed by atoms with van der Waals surface area (Å²) in [7, 11) is 0. The molecule has 0 aliphatic carbocycles. The van der Waals surface area contributed by atoms with Gasteiger partial charge in [0.25, 0.3) is 11.8 Å². The second-order valence-corrected chi connectivity index (χ2v) is 8.03. The highest BCUT2D eigenvalue weighted by molar-refractivity contribution is 5.98. The van der Waals surface area contributed by atoms with E-state index in [9.17, 15) is 14.4 Å².